The topological polar surface area (TPSA) is 95.6 Å². The number of hydrogen-bond acceptors (Lipinski definition) is 4. The summed E-state index contributed by atoms with van der Waals surface area (Å²) in [6.07, 6.45) is 0.146. The molecule has 142 valence electrons. The van der Waals surface area contributed by atoms with Crippen molar-refractivity contribution in [1.29, 1.82) is 0 Å². The second-order valence-corrected chi connectivity index (χ2v) is 8.02. The molecule has 2 aromatic rings. The molecular weight excluding hydrogens is 366 g/mol. The predicted molar refractivity (Wildman–Crippen MR) is 103 cm³/mol. The fraction of sp³-hybridized carbons (Fsp3) is 0.263. The molecule has 27 heavy (non-hydrogen) atoms. The molecule has 0 spiro atoms. The summed E-state index contributed by atoms with van der Waals surface area (Å²) in [6.45, 7) is 2.32. The maximum absolute atomic E-state index is 12.5. The first kappa shape index (κ1) is 19.1. The summed E-state index contributed by atoms with van der Waals surface area (Å²) in [5, 5.41) is 2.75. The molecule has 1 unspecified atom stereocenters. The maximum atomic E-state index is 12.5. The number of hydrogen-bond donors (Lipinski definition) is 2. The molecular formula is C19H21N3O4S. The monoisotopic (exact) mass is 387 g/mol. The van der Waals surface area contributed by atoms with Crippen molar-refractivity contribution < 1.29 is 18.0 Å². The van der Waals surface area contributed by atoms with Crippen molar-refractivity contribution >= 4 is 33.2 Å². The van der Waals surface area contributed by atoms with E-state index in [1.165, 1.54) is 24.3 Å². The molecule has 0 saturated carbocycles. The minimum absolute atomic E-state index is 0.0894. The molecule has 3 rings (SSSR count). The average molecular weight is 387 g/mol. The largest absolute Gasteiger partial charge is 0.326 e. The van der Waals surface area contributed by atoms with Gasteiger partial charge in [-0.25, -0.2) is 13.1 Å². The van der Waals surface area contributed by atoms with E-state index in [2.05, 4.69) is 10.0 Å². The molecule has 1 fully saturated rings. The molecule has 2 aromatic carbocycles. The van der Waals surface area contributed by atoms with Crippen LogP contribution in [0.3, 0.4) is 0 Å². The van der Waals surface area contributed by atoms with Gasteiger partial charge in [0.15, 0.2) is 0 Å². The van der Waals surface area contributed by atoms with Crippen LogP contribution >= 0.6 is 0 Å². The third-order valence-corrected chi connectivity index (χ3v) is 5.89. The van der Waals surface area contributed by atoms with Crippen molar-refractivity contribution in [1.82, 2.24) is 4.72 Å². The van der Waals surface area contributed by atoms with Gasteiger partial charge in [-0.2, -0.15) is 0 Å². The molecule has 1 heterocycles. The van der Waals surface area contributed by atoms with E-state index in [9.17, 15) is 18.0 Å². The summed E-state index contributed by atoms with van der Waals surface area (Å²) in [7, 11) is -3.53. The lowest BCUT2D eigenvalue weighted by Gasteiger charge is -2.16. The number of para-hydroxylation sites is 1. The van der Waals surface area contributed by atoms with Crippen LogP contribution in [0.1, 0.15) is 13.3 Å². The Morgan fingerprint density at radius 1 is 1.11 bits per heavy atom. The van der Waals surface area contributed by atoms with Crippen LogP contribution < -0.4 is 14.9 Å². The molecule has 0 aliphatic carbocycles. The first-order valence-corrected chi connectivity index (χ1v) is 10.1. The molecule has 2 N–H and O–H groups in total. The van der Waals surface area contributed by atoms with E-state index in [1.807, 2.05) is 30.3 Å². The van der Waals surface area contributed by atoms with Crippen LogP contribution in [0.2, 0.25) is 0 Å². The van der Waals surface area contributed by atoms with Crippen LogP contribution in [-0.2, 0) is 19.6 Å². The van der Waals surface area contributed by atoms with Gasteiger partial charge in [-0.1, -0.05) is 25.1 Å². The molecule has 2 amide bonds. The van der Waals surface area contributed by atoms with Gasteiger partial charge in [0.2, 0.25) is 21.8 Å². The quantitative estimate of drug-likeness (QED) is 0.792. The zero-order chi connectivity index (χ0) is 19.4. The number of anilines is 2. The van der Waals surface area contributed by atoms with Gasteiger partial charge in [-0.3, -0.25) is 9.59 Å². The zero-order valence-electron chi connectivity index (χ0n) is 14.9. The average Bonchev–Trinajstić information content (AvgIpc) is 3.05. The highest BCUT2D eigenvalue weighted by Crippen LogP contribution is 2.26. The summed E-state index contributed by atoms with van der Waals surface area (Å²) in [4.78, 5) is 26.5. The van der Waals surface area contributed by atoms with Crippen molar-refractivity contribution in [2.75, 3.05) is 23.3 Å². The second kappa shape index (κ2) is 7.89. The molecule has 7 nitrogen and oxygen atoms in total. The third kappa shape index (κ3) is 4.35. The fourth-order valence-electron chi connectivity index (χ4n) is 2.98. The highest BCUT2D eigenvalue weighted by molar-refractivity contribution is 7.89. The van der Waals surface area contributed by atoms with Crippen LogP contribution in [0, 0.1) is 5.92 Å². The van der Waals surface area contributed by atoms with Gasteiger partial charge < -0.3 is 10.2 Å². The number of rotatable bonds is 6. The van der Waals surface area contributed by atoms with Crippen molar-refractivity contribution in [3.8, 4) is 0 Å². The van der Waals surface area contributed by atoms with Crippen molar-refractivity contribution in [3.05, 3.63) is 54.6 Å². The van der Waals surface area contributed by atoms with Gasteiger partial charge in [0.25, 0.3) is 0 Å². The Hall–Kier alpha value is -2.71. The van der Waals surface area contributed by atoms with Crippen molar-refractivity contribution in [2.45, 2.75) is 18.2 Å². The Kier molecular flexibility index (Phi) is 5.57. The van der Waals surface area contributed by atoms with Gasteiger partial charge in [-0.15, -0.1) is 0 Å². The normalized spacial score (nSPS) is 17.1. The number of nitrogens with zero attached hydrogens (tertiary/aromatic N) is 1. The van der Waals surface area contributed by atoms with Crippen LogP contribution in [0.4, 0.5) is 11.4 Å². The Balaban J connectivity index is 1.65. The van der Waals surface area contributed by atoms with Crippen LogP contribution in [0.15, 0.2) is 59.5 Å². The predicted octanol–water partition coefficient (Wildman–Crippen LogP) is 1.98. The smallest absolute Gasteiger partial charge is 0.240 e. The second-order valence-electron chi connectivity index (χ2n) is 6.26. The fourth-order valence-corrected chi connectivity index (χ4v) is 4.02. The Labute approximate surface area is 158 Å². The summed E-state index contributed by atoms with van der Waals surface area (Å²) >= 11 is 0. The van der Waals surface area contributed by atoms with Gasteiger partial charge in [0, 0.05) is 30.9 Å². The molecule has 1 saturated heterocycles. The highest BCUT2D eigenvalue weighted by Gasteiger charge is 2.35. The van der Waals surface area contributed by atoms with E-state index in [0.717, 1.165) is 5.69 Å². The number of amides is 2. The molecule has 0 aromatic heterocycles. The molecule has 0 bridgehead atoms. The zero-order valence-corrected chi connectivity index (χ0v) is 15.7. The third-order valence-electron chi connectivity index (χ3n) is 4.33. The SMILES string of the molecule is CCNS(=O)(=O)c1ccc(NC(=O)C2CC(=O)N(c3ccccc3)C2)cc1. The number of benzene rings is 2. The minimum Gasteiger partial charge on any atom is -0.326 e. The van der Waals surface area contributed by atoms with Crippen molar-refractivity contribution in [3.63, 3.8) is 0 Å². The molecule has 1 aliphatic heterocycles. The van der Waals surface area contributed by atoms with Crippen molar-refractivity contribution in [2.24, 2.45) is 5.92 Å². The standard InChI is InChI=1S/C19H21N3O4S/c1-2-20-27(25,26)17-10-8-15(9-11-17)21-19(24)14-12-18(23)22(13-14)16-6-4-3-5-7-16/h3-11,14,20H,2,12-13H2,1H3,(H,21,24). The van der Waals surface area contributed by atoms with E-state index in [-0.39, 0.29) is 23.1 Å². The van der Waals surface area contributed by atoms with E-state index < -0.39 is 15.9 Å². The Morgan fingerprint density at radius 2 is 1.78 bits per heavy atom. The van der Waals surface area contributed by atoms with Crippen LogP contribution in [0.25, 0.3) is 0 Å². The highest BCUT2D eigenvalue weighted by atomic mass is 32.2. The van der Waals surface area contributed by atoms with E-state index in [4.69, 9.17) is 0 Å². The van der Waals surface area contributed by atoms with E-state index in [0.29, 0.717) is 18.8 Å². The van der Waals surface area contributed by atoms with Gasteiger partial charge >= 0.3 is 0 Å². The lowest BCUT2D eigenvalue weighted by Crippen LogP contribution is -2.28. The molecule has 0 radical (unpaired) electrons. The first-order valence-electron chi connectivity index (χ1n) is 8.66. The summed E-state index contributed by atoms with van der Waals surface area (Å²) < 4.78 is 26.3. The maximum Gasteiger partial charge on any atom is 0.240 e. The first-order chi connectivity index (χ1) is 12.9. The summed E-state index contributed by atoms with van der Waals surface area (Å²) in [6, 6.07) is 15.2. The van der Waals surface area contributed by atoms with Crippen LogP contribution in [0.5, 0.6) is 0 Å². The van der Waals surface area contributed by atoms with Gasteiger partial charge in [0.05, 0.1) is 10.8 Å². The number of sulfonamides is 1. The molecule has 1 aliphatic rings. The number of carbonyl (C=O) groups is 2. The summed E-state index contributed by atoms with van der Waals surface area (Å²) in [5.41, 5.74) is 1.26. The molecule has 8 heteroatoms. The van der Waals surface area contributed by atoms with Gasteiger partial charge in [0.1, 0.15) is 0 Å². The summed E-state index contributed by atoms with van der Waals surface area (Å²) in [5.74, 6) is -0.805. The van der Waals surface area contributed by atoms with E-state index in [1.54, 1.807) is 11.8 Å². The molecule has 1 atom stereocenters. The minimum atomic E-state index is -3.53. The Morgan fingerprint density at radius 3 is 2.41 bits per heavy atom. The number of nitrogens with one attached hydrogen (secondary N) is 2. The van der Waals surface area contributed by atoms with Gasteiger partial charge in [-0.05, 0) is 36.4 Å². The Bertz CT molecular complexity index is 927. The number of carbonyl (C=O) groups excluding carboxylic acids is 2. The lowest BCUT2D eigenvalue weighted by molar-refractivity contribution is -0.122. The lowest BCUT2D eigenvalue weighted by atomic mass is 10.1. The van der Waals surface area contributed by atoms with Crippen LogP contribution in [-0.4, -0.2) is 33.3 Å². The van der Waals surface area contributed by atoms with E-state index >= 15 is 0 Å².